The second-order valence-corrected chi connectivity index (χ2v) is 4.99. The molecule has 0 spiro atoms. The van der Waals surface area contributed by atoms with Crippen LogP contribution in [0.5, 0.6) is 0 Å². The summed E-state index contributed by atoms with van der Waals surface area (Å²) in [6, 6.07) is 0. The molecule has 1 aromatic rings. The van der Waals surface area contributed by atoms with Crippen molar-refractivity contribution in [3.05, 3.63) is 16.1 Å². The summed E-state index contributed by atoms with van der Waals surface area (Å²) in [7, 11) is 0. The number of carbonyl (C=O) groups excluding carboxylic acids is 1. The molecule has 0 fully saturated rings. The maximum atomic E-state index is 11.4. The third-order valence-corrected chi connectivity index (χ3v) is 2.98. The SMILES string of the molecule is Cc1ncc(CNC(=O)CC(C)CN)s1. The van der Waals surface area contributed by atoms with Crippen molar-refractivity contribution in [2.24, 2.45) is 11.7 Å². The fourth-order valence-electron chi connectivity index (χ4n) is 1.14. The number of aryl methyl sites for hydroxylation is 1. The lowest BCUT2D eigenvalue weighted by Crippen LogP contribution is -2.26. The highest BCUT2D eigenvalue weighted by molar-refractivity contribution is 7.11. The third kappa shape index (κ3) is 4.40. The molecule has 84 valence electrons. The van der Waals surface area contributed by atoms with Gasteiger partial charge in [-0.3, -0.25) is 4.79 Å². The highest BCUT2D eigenvalue weighted by atomic mass is 32.1. The molecule has 4 nitrogen and oxygen atoms in total. The monoisotopic (exact) mass is 227 g/mol. The lowest BCUT2D eigenvalue weighted by atomic mass is 10.1. The molecule has 0 aromatic carbocycles. The predicted octanol–water partition coefficient (Wildman–Crippen LogP) is 1.05. The van der Waals surface area contributed by atoms with Gasteiger partial charge in [0.15, 0.2) is 0 Å². The quantitative estimate of drug-likeness (QED) is 0.790. The Balaban J connectivity index is 2.28. The van der Waals surface area contributed by atoms with Crippen molar-refractivity contribution in [1.29, 1.82) is 0 Å². The Labute approximate surface area is 93.9 Å². The van der Waals surface area contributed by atoms with Crippen LogP contribution in [0.1, 0.15) is 23.2 Å². The minimum Gasteiger partial charge on any atom is -0.351 e. The van der Waals surface area contributed by atoms with E-state index in [0.29, 0.717) is 19.5 Å². The molecule has 1 heterocycles. The average molecular weight is 227 g/mol. The summed E-state index contributed by atoms with van der Waals surface area (Å²) in [6.45, 7) is 5.04. The number of aromatic nitrogens is 1. The Bertz CT molecular complexity index is 324. The molecule has 1 unspecified atom stereocenters. The maximum absolute atomic E-state index is 11.4. The summed E-state index contributed by atoms with van der Waals surface area (Å²) in [5.74, 6) is 0.298. The first-order valence-electron chi connectivity index (χ1n) is 5.00. The van der Waals surface area contributed by atoms with Crippen LogP contribution >= 0.6 is 11.3 Å². The summed E-state index contributed by atoms with van der Waals surface area (Å²) in [6.07, 6.45) is 2.29. The Morgan fingerprint density at radius 1 is 1.73 bits per heavy atom. The number of nitrogens with zero attached hydrogens (tertiary/aromatic N) is 1. The van der Waals surface area contributed by atoms with Gasteiger partial charge in [-0.05, 0) is 19.4 Å². The minimum atomic E-state index is 0.0546. The zero-order valence-electron chi connectivity index (χ0n) is 9.12. The molecule has 15 heavy (non-hydrogen) atoms. The van der Waals surface area contributed by atoms with Crippen molar-refractivity contribution in [2.45, 2.75) is 26.8 Å². The predicted molar refractivity (Wildman–Crippen MR) is 61.5 cm³/mol. The van der Waals surface area contributed by atoms with Crippen LogP contribution in [0.2, 0.25) is 0 Å². The summed E-state index contributed by atoms with van der Waals surface area (Å²) in [5, 5.41) is 3.88. The van der Waals surface area contributed by atoms with Gasteiger partial charge in [-0.1, -0.05) is 6.92 Å². The highest BCUT2D eigenvalue weighted by Gasteiger charge is 2.07. The molecular weight excluding hydrogens is 210 g/mol. The van der Waals surface area contributed by atoms with E-state index in [4.69, 9.17) is 5.73 Å². The van der Waals surface area contributed by atoms with E-state index < -0.39 is 0 Å². The topological polar surface area (TPSA) is 68.0 Å². The molecule has 0 aliphatic carbocycles. The number of nitrogens with one attached hydrogen (secondary N) is 1. The fraction of sp³-hybridized carbons (Fsp3) is 0.600. The lowest BCUT2D eigenvalue weighted by molar-refractivity contribution is -0.122. The first-order valence-corrected chi connectivity index (χ1v) is 5.81. The largest absolute Gasteiger partial charge is 0.351 e. The summed E-state index contributed by atoms with van der Waals surface area (Å²) in [5.41, 5.74) is 5.44. The fourth-order valence-corrected chi connectivity index (χ4v) is 1.88. The van der Waals surface area contributed by atoms with Crippen LogP contribution in [0.4, 0.5) is 0 Å². The van der Waals surface area contributed by atoms with Gasteiger partial charge in [-0.25, -0.2) is 4.98 Å². The second-order valence-electron chi connectivity index (χ2n) is 3.67. The van der Waals surface area contributed by atoms with Crippen molar-refractivity contribution in [3.63, 3.8) is 0 Å². The molecule has 1 atom stereocenters. The Kier molecular flexibility index (Phi) is 4.71. The van der Waals surface area contributed by atoms with Crippen LogP contribution in [0, 0.1) is 12.8 Å². The molecule has 1 amide bonds. The van der Waals surface area contributed by atoms with Crippen LogP contribution in [0.15, 0.2) is 6.20 Å². The van der Waals surface area contributed by atoms with Crippen molar-refractivity contribution in [2.75, 3.05) is 6.54 Å². The number of hydrogen-bond donors (Lipinski definition) is 2. The number of carbonyl (C=O) groups is 1. The average Bonchev–Trinajstić information content (AvgIpc) is 2.61. The van der Waals surface area contributed by atoms with E-state index in [9.17, 15) is 4.79 Å². The van der Waals surface area contributed by atoms with Crippen molar-refractivity contribution >= 4 is 17.2 Å². The van der Waals surface area contributed by atoms with Crippen LogP contribution < -0.4 is 11.1 Å². The van der Waals surface area contributed by atoms with Crippen LogP contribution in [-0.2, 0) is 11.3 Å². The van der Waals surface area contributed by atoms with Gasteiger partial charge < -0.3 is 11.1 Å². The van der Waals surface area contributed by atoms with Gasteiger partial charge in [0.2, 0.25) is 5.91 Å². The van der Waals surface area contributed by atoms with Crippen molar-refractivity contribution < 1.29 is 4.79 Å². The molecule has 0 aliphatic heterocycles. The van der Waals surface area contributed by atoms with Gasteiger partial charge in [0.05, 0.1) is 11.6 Å². The van der Waals surface area contributed by atoms with E-state index in [2.05, 4.69) is 10.3 Å². The molecule has 0 saturated heterocycles. The molecule has 0 bridgehead atoms. The minimum absolute atomic E-state index is 0.0546. The zero-order valence-corrected chi connectivity index (χ0v) is 9.93. The van der Waals surface area contributed by atoms with E-state index in [1.807, 2.05) is 13.8 Å². The number of rotatable bonds is 5. The number of thiazole rings is 1. The standard InChI is InChI=1S/C10H17N3OS/c1-7(4-11)3-10(14)13-6-9-5-12-8(2)15-9/h5,7H,3-4,6,11H2,1-2H3,(H,13,14). The third-order valence-electron chi connectivity index (χ3n) is 2.07. The van der Waals surface area contributed by atoms with Crippen molar-refractivity contribution in [1.82, 2.24) is 10.3 Å². The van der Waals surface area contributed by atoms with Gasteiger partial charge in [0, 0.05) is 17.5 Å². The molecule has 1 aromatic heterocycles. The maximum Gasteiger partial charge on any atom is 0.220 e. The Morgan fingerprint density at radius 2 is 2.47 bits per heavy atom. The van der Waals surface area contributed by atoms with E-state index >= 15 is 0 Å². The molecule has 1 rings (SSSR count). The van der Waals surface area contributed by atoms with E-state index in [1.54, 1.807) is 17.5 Å². The summed E-state index contributed by atoms with van der Waals surface area (Å²) in [4.78, 5) is 16.6. The molecule has 5 heteroatoms. The van der Waals surface area contributed by atoms with Crippen LogP contribution in [-0.4, -0.2) is 17.4 Å². The van der Waals surface area contributed by atoms with Gasteiger partial charge in [-0.2, -0.15) is 0 Å². The first-order chi connectivity index (χ1) is 7.11. The first kappa shape index (κ1) is 12.1. The van der Waals surface area contributed by atoms with Gasteiger partial charge in [-0.15, -0.1) is 11.3 Å². The number of nitrogens with two attached hydrogens (primary N) is 1. The smallest absolute Gasteiger partial charge is 0.220 e. The van der Waals surface area contributed by atoms with Gasteiger partial charge in [0.25, 0.3) is 0 Å². The van der Waals surface area contributed by atoms with E-state index in [0.717, 1.165) is 9.88 Å². The van der Waals surface area contributed by atoms with Crippen LogP contribution in [0.25, 0.3) is 0 Å². The summed E-state index contributed by atoms with van der Waals surface area (Å²) >= 11 is 1.60. The molecule has 3 N–H and O–H groups in total. The molecule has 0 aliphatic rings. The van der Waals surface area contributed by atoms with Crippen LogP contribution in [0.3, 0.4) is 0 Å². The molecule has 0 saturated carbocycles. The van der Waals surface area contributed by atoms with E-state index in [1.165, 1.54) is 0 Å². The van der Waals surface area contributed by atoms with Gasteiger partial charge in [0.1, 0.15) is 0 Å². The number of hydrogen-bond acceptors (Lipinski definition) is 4. The van der Waals surface area contributed by atoms with Crippen molar-refractivity contribution in [3.8, 4) is 0 Å². The van der Waals surface area contributed by atoms with E-state index in [-0.39, 0.29) is 11.8 Å². The molecule has 0 radical (unpaired) electrons. The zero-order chi connectivity index (χ0) is 11.3. The highest BCUT2D eigenvalue weighted by Crippen LogP contribution is 2.10. The second kappa shape index (κ2) is 5.82. The lowest BCUT2D eigenvalue weighted by Gasteiger charge is -2.07. The number of amides is 1. The summed E-state index contributed by atoms with van der Waals surface area (Å²) < 4.78 is 0. The Hall–Kier alpha value is -0.940. The Morgan fingerprint density at radius 3 is 3.00 bits per heavy atom. The molecular formula is C10H17N3OS. The van der Waals surface area contributed by atoms with Gasteiger partial charge >= 0.3 is 0 Å². The normalized spacial score (nSPS) is 12.5.